The van der Waals surface area contributed by atoms with Crippen LogP contribution in [0.25, 0.3) is 5.69 Å². The van der Waals surface area contributed by atoms with Gasteiger partial charge in [0, 0.05) is 17.1 Å². The first-order chi connectivity index (χ1) is 10.3. The third-order valence-corrected chi connectivity index (χ3v) is 3.65. The Morgan fingerprint density at radius 2 is 1.86 bits per heavy atom. The van der Waals surface area contributed by atoms with Crippen LogP contribution in [0, 0.1) is 20.8 Å². The molecule has 0 aliphatic carbocycles. The predicted octanol–water partition coefficient (Wildman–Crippen LogP) is 2.61. The minimum Gasteiger partial charge on any atom is -0.480 e. The summed E-state index contributed by atoms with van der Waals surface area (Å²) in [6.07, 6.45) is 0. The van der Waals surface area contributed by atoms with E-state index >= 15 is 0 Å². The Hall–Kier alpha value is -2.56. The summed E-state index contributed by atoms with van der Waals surface area (Å²) in [6.45, 7) is 7.24. The maximum absolute atomic E-state index is 12.3. The molecule has 1 aromatic carbocycles. The van der Waals surface area contributed by atoms with Crippen molar-refractivity contribution in [1.82, 2.24) is 9.88 Å². The third kappa shape index (κ3) is 3.03. The minimum atomic E-state index is -1.05. The SMILES string of the molecule is Cc1cccc(-n2c(C)cc(C(=O)N[C@H](C)C(=O)O)c2C)c1. The number of amides is 1. The second-order valence-electron chi connectivity index (χ2n) is 5.49. The van der Waals surface area contributed by atoms with E-state index in [2.05, 4.69) is 5.32 Å². The van der Waals surface area contributed by atoms with Crippen LogP contribution in [0.4, 0.5) is 0 Å². The molecule has 0 unspecified atom stereocenters. The van der Waals surface area contributed by atoms with Crippen LogP contribution in [-0.2, 0) is 4.79 Å². The summed E-state index contributed by atoms with van der Waals surface area (Å²) < 4.78 is 1.99. The normalized spacial score (nSPS) is 12.0. The largest absolute Gasteiger partial charge is 0.480 e. The number of rotatable bonds is 4. The monoisotopic (exact) mass is 300 g/mol. The zero-order valence-corrected chi connectivity index (χ0v) is 13.2. The van der Waals surface area contributed by atoms with Gasteiger partial charge in [-0.15, -0.1) is 0 Å². The van der Waals surface area contributed by atoms with Gasteiger partial charge < -0.3 is 15.0 Å². The number of aromatic nitrogens is 1. The van der Waals surface area contributed by atoms with Gasteiger partial charge >= 0.3 is 5.97 Å². The van der Waals surface area contributed by atoms with Gasteiger partial charge in [0.05, 0.1) is 5.56 Å². The molecule has 0 saturated heterocycles. The molecule has 0 bridgehead atoms. The lowest BCUT2D eigenvalue weighted by Gasteiger charge is -2.12. The number of aryl methyl sites for hydroxylation is 2. The third-order valence-electron chi connectivity index (χ3n) is 3.65. The van der Waals surface area contributed by atoms with Gasteiger partial charge in [-0.25, -0.2) is 0 Å². The molecule has 2 rings (SSSR count). The number of benzene rings is 1. The molecular weight excluding hydrogens is 280 g/mol. The van der Waals surface area contributed by atoms with E-state index < -0.39 is 12.0 Å². The lowest BCUT2D eigenvalue weighted by Crippen LogP contribution is -2.38. The Kier molecular flexibility index (Phi) is 4.35. The molecule has 22 heavy (non-hydrogen) atoms. The van der Waals surface area contributed by atoms with Gasteiger partial charge in [0.25, 0.3) is 5.91 Å². The molecule has 0 radical (unpaired) electrons. The van der Waals surface area contributed by atoms with E-state index in [1.165, 1.54) is 6.92 Å². The summed E-state index contributed by atoms with van der Waals surface area (Å²) in [5.41, 5.74) is 4.33. The quantitative estimate of drug-likeness (QED) is 0.911. The number of hydrogen-bond acceptors (Lipinski definition) is 2. The number of carboxylic acids is 1. The number of nitrogens with zero attached hydrogens (tertiary/aromatic N) is 1. The van der Waals surface area contributed by atoms with Gasteiger partial charge in [0.15, 0.2) is 0 Å². The Balaban J connectivity index is 2.39. The van der Waals surface area contributed by atoms with E-state index in [0.717, 1.165) is 22.6 Å². The number of hydrogen-bond donors (Lipinski definition) is 2. The van der Waals surface area contributed by atoms with Gasteiger partial charge in [0.2, 0.25) is 0 Å². The second-order valence-corrected chi connectivity index (χ2v) is 5.49. The average molecular weight is 300 g/mol. The minimum absolute atomic E-state index is 0.373. The van der Waals surface area contributed by atoms with Crippen LogP contribution in [0.2, 0.25) is 0 Å². The van der Waals surface area contributed by atoms with Crippen molar-refractivity contribution in [3.05, 3.63) is 52.8 Å². The van der Waals surface area contributed by atoms with Gasteiger partial charge in [-0.1, -0.05) is 12.1 Å². The highest BCUT2D eigenvalue weighted by atomic mass is 16.4. The summed E-state index contributed by atoms with van der Waals surface area (Å²) >= 11 is 0. The molecule has 5 nitrogen and oxygen atoms in total. The van der Waals surface area contributed by atoms with Crippen molar-refractivity contribution in [3.63, 3.8) is 0 Å². The van der Waals surface area contributed by atoms with E-state index in [-0.39, 0.29) is 5.91 Å². The molecule has 1 heterocycles. The van der Waals surface area contributed by atoms with E-state index in [1.54, 1.807) is 6.07 Å². The van der Waals surface area contributed by atoms with Gasteiger partial charge in [-0.2, -0.15) is 0 Å². The van der Waals surface area contributed by atoms with Crippen molar-refractivity contribution in [2.24, 2.45) is 0 Å². The summed E-state index contributed by atoms with van der Waals surface area (Å²) in [7, 11) is 0. The number of carbonyl (C=O) groups excluding carboxylic acids is 1. The highest BCUT2D eigenvalue weighted by Crippen LogP contribution is 2.21. The molecule has 2 aromatic rings. The van der Waals surface area contributed by atoms with Crippen LogP contribution in [-0.4, -0.2) is 27.6 Å². The van der Waals surface area contributed by atoms with Crippen molar-refractivity contribution in [1.29, 1.82) is 0 Å². The van der Waals surface area contributed by atoms with Gasteiger partial charge in [-0.05, 0) is 51.5 Å². The number of aliphatic carboxylic acids is 1. The smallest absolute Gasteiger partial charge is 0.325 e. The maximum Gasteiger partial charge on any atom is 0.325 e. The molecule has 0 aliphatic heterocycles. The fourth-order valence-corrected chi connectivity index (χ4v) is 2.49. The van der Waals surface area contributed by atoms with Gasteiger partial charge in [0.1, 0.15) is 6.04 Å². The maximum atomic E-state index is 12.3. The summed E-state index contributed by atoms with van der Waals surface area (Å²) in [6, 6.07) is 8.86. The van der Waals surface area contributed by atoms with Crippen LogP contribution in [0.5, 0.6) is 0 Å². The predicted molar refractivity (Wildman–Crippen MR) is 84.5 cm³/mol. The zero-order valence-electron chi connectivity index (χ0n) is 13.2. The van der Waals surface area contributed by atoms with E-state index in [4.69, 9.17) is 5.11 Å². The Morgan fingerprint density at radius 1 is 1.18 bits per heavy atom. The molecule has 0 fully saturated rings. The first-order valence-electron chi connectivity index (χ1n) is 7.11. The topological polar surface area (TPSA) is 71.3 Å². The fraction of sp³-hybridized carbons (Fsp3) is 0.294. The molecular formula is C17H20N2O3. The van der Waals surface area contributed by atoms with E-state index in [0.29, 0.717) is 5.56 Å². The molecule has 1 atom stereocenters. The van der Waals surface area contributed by atoms with Crippen molar-refractivity contribution in [3.8, 4) is 5.69 Å². The Labute approximate surface area is 129 Å². The van der Waals surface area contributed by atoms with E-state index in [1.807, 2.05) is 49.6 Å². The molecule has 0 spiro atoms. The number of carboxylic acid groups (broad SMARTS) is 1. The van der Waals surface area contributed by atoms with Crippen LogP contribution < -0.4 is 5.32 Å². The molecule has 2 N–H and O–H groups in total. The van der Waals surface area contributed by atoms with Crippen LogP contribution >= 0.6 is 0 Å². The summed E-state index contributed by atoms with van der Waals surface area (Å²) in [5.74, 6) is -1.43. The summed E-state index contributed by atoms with van der Waals surface area (Å²) in [4.78, 5) is 23.1. The van der Waals surface area contributed by atoms with Gasteiger partial charge in [-0.3, -0.25) is 9.59 Å². The van der Waals surface area contributed by atoms with Crippen LogP contribution in [0.15, 0.2) is 30.3 Å². The van der Waals surface area contributed by atoms with Crippen molar-refractivity contribution in [2.45, 2.75) is 33.7 Å². The second kappa shape index (κ2) is 6.05. The lowest BCUT2D eigenvalue weighted by atomic mass is 10.2. The van der Waals surface area contributed by atoms with Crippen molar-refractivity contribution < 1.29 is 14.7 Å². The first kappa shape index (κ1) is 15.8. The van der Waals surface area contributed by atoms with Crippen LogP contribution in [0.3, 0.4) is 0 Å². The van der Waals surface area contributed by atoms with Crippen LogP contribution in [0.1, 0.15) is 34.2 Å². The first-order valence-corrected chi connectivity index (χ1v) is 7.11. The molecule has 0 aliphatic rings. The average Bonchev–Trinajstić information content (AvgIpc) is 2.73. The summed E-state index contributed by atoms with van der Waals surface area (Å²) in [5, 5.41) is 11.4. The fourth-order valence-electron chi connectivity index (χ4n) is 2.49. The lowest BCUT2D eigenvalue weighted by molar-refractivity contribution is -0.138. The molecule has 1 amide bonds. The van der Waals surface area contributed by atoms with Crippen molar-refractivity contribution in [2.75, 3.05) is 0 Å². The van der Waals surface area contributed by atoms with Crippen molar-refractivity contribution >= 4 is 11.9 Å². The number of nitrogens with one attached hydrogen (secondary N) is 1. The Morgan fingerprint density at radius 3 is 2.45 bits per heavy atom. The molecule has 1 aromatic heterocycles. The molecule has 116 valence electrons. The zero-order chi connectivity index (χ0) is 16.4. The highest BCUT2D eigenvalue weighted by Gasteiger charge is 2.20. The molecule has 5 heteroatoms. The molecule has 0 saturated carbocycles. The number of carbonyl (C=O) groups is 2. The highest BCUT2D eigenvalue weighted by molar-refractivity contribution is 5.98. The van der Waals surface area contributed by atoms with E-state index in [9.17, 15) is 9.59 Å². The standard InChI is InChI=1S/C17H20N2O3/c1-10-6-5-7-14(8-10)19-11(2)9-15(13(19)4)16(20)18-12(3)17(21)22/h5-9,12H,1-4H3,(H,18,20)(H,21,22)/t12-/m1/s1. The Bertz CT molecular complexity index is 732.